The second kappa shape index (κ2) is 9.44. The molecule has 0 fully saturated rings. The minimum absolute atomic E-state index is 0.404. The second-order valence-electron chi connectivity index (χ2n) is 3.67. The number of methoxy groups -OCH3 is 1. The van der Waals surface area contributed by atoms with Crippen molar-refractivity contribution in [2.75, 3.05) is 26.9 Å². The highest BCUT2D eigenvalue weighted by molar-refractivity contribution is 4.70. The van der Waals surface area contributed by atoms with E-state index in [1.807, 2.05) is 6.92 Å². The zero-order valence-electron chi connectivity index (χ0n) is 10.0. The van der Waals surface area contributed by atoms with Crippen LogP contribution < -0.4 is 5.32 Å². The molecule has 0 amide bonds. The van der Waals surface area contributed by atoms with Crippen molar-refractivity contribution in [2.45, 2.75) is 45.7 Å². The second-order valence-corrected chi connectivity index (χ2v) is 3.67. The van der Waals surface area contributed by atoms with E-state index in [9.17, 15) is 0 Å². The molecule has 14 heavy (non-hydrogen) atoms. The highest BCUT2D eigenvalue weighted by atomic mass is 16.5. The van der Waals surface area contributed by atoms with Crippen LogP contribution in [0.4, 0.5) is 0 Å². The van der Waals surface area contributed by atoms with E-state index in [-0.39, 0.29) is 0 Å². The molecule has 0 aliphatic carbocycles. The van der Waals surface area contributed by atoms with Crippen LogP contribution >= 0.6 is 0 Å². The topological polar surface area (TPSA) is 30.5 Å². The fourth-order valence-corrected chi connectivity index (χ4v) is 1.51. The molecule has 0 saturated heterocycles. The molecule has 0 rings (SSSR count). The van der Waals surface area contributed by atoms with Crippen LogP contribution in [0.5, 0.6) is 0 Å². The first-order valence-corrected chi connectivity index (χ1v) is 5.57. The zero-order chi connectivity index (χ0) is 10.8. The van der Waals surface area contributed by atoms with Gasteiger partial charge in [0.25, 0.3) is 0 Å². The molecule has 3 nitrogen and oxygen atoms in total. The van der Waals surface area contributed by atoms with Gasteiger partial charge in [-0.15, -0.1) is 0 Å². The van der Waals surface area contributed by atoms with Crippen molar-refractivity contribution in [2.24, 2.45) is 0 Å². The largest absolute Gasteiger partial charge is 0.383 e. The van der Waals surface area contributed by atoms with E-state index in [1.165, 1.54) is 6.42 Å². The lowest BCUT2D eigenvalue weighted by Gasteiger charge is -2.22. The predicted molar refractivity (Wildman–Crippen MR) is 59.7 cm³/mol. The monoisotopic (exact) mass is 203 g/mol. The molecule has 0 bridgehead atoms. The van der Waals surface area contributed by atoms with E-state index in [2.05, 4.69) is 19.2 Å². The third kappa shape index (κ3) is 7.30. The van der Waals surface area contributed by atoms with E-state index in [1.54, 1.807) is 7.11 Å². The Morgan fingerprint density at radius 3 is 2.43 bits per heavy atom. The predicted octanol–water partition coefficient (Wildman–Crippen LogP) is 1.82. The Labute approximate surface area is 88.2 Å². The zero-order valence-corrected chi connectivity index (χ0v) is 10.0. The standard InChI is InChI=1S/C11H25NO2/c1-5-7-11(9-13-4)12-10(3)8-14-6-2/h10-12H,5-9H2,1-4H3. The van der Waals surface area contributed by atoms with Gasteiger partial charge in [0.05, 0.1) is 13.2 Å². The van der Waals surface area contributed by atoms with Gasteiger partial charge in [0, 0.05) is 25.8 Å². The summed E-state index contributed by atoms with van der Waals surface area (Å²) < 4.78 is 10.5. The third-order valence-electron chi connectivity index (χ3n) is 2.10. The molecule has 0 spiro atoms. The van der Waals surface area contributed by atoms with Crippen molar-refractivity contribution in [1.29, 1.82) is 0 Å². The molecule has 3 heteroatoms. The first kappa shape index (κ1) is 13.9. The summed E-state index contributed by atoms with van der Waals surface area (Å²) in [4.78, 5) is 0. The smallest absolute Gasteiger partial charge is 0.0616 e. The Bertz CT molecular complexity index is 114. The molecular formula is C11H25NO2. The van der Waals surface area contributed by atoms with Crippen LogP contribution in [0.3, 0.4) is 0 Å². The molecule has 0 heterocycles. The molecule has 0 saturated carbocycles. The van der Waals surface area contributed by atoms with Gasteiger partial charge in [-0.25, -0.2) is 0 Å². The molecule has 0 aromatic heterocycles. The summed E-state index contributed by atoms with van der Waals surface area (Å²) in [6.45, 7) is 8.70. The summed E-state index contributed by atoms with van der Waals surface area (Å²) in [5, 5.41) is 3.50. The van der Waals surface area contributed by atoms with Gasteiger partial charge in [-0.3, -0.25) is 0 Å². The lowest BCUT2D eigenvalue weighted by molar-refractivity contribution is 0.108. The van der Waals surface area contributed by atoms with Crippen LogP contribution in [0.1, 0.15) is 33.6 Å². The molecule has 2 atom stereocenters. The van der Waals surface area contributed by atoms with Gasteiger partial charge >= 0.3 is 0 Å². The summed E-state index contributed by atoms with van der Waals surface area (Å²) in [6, 6.07) is 0.863. The lowest BCUT2D eigenvalue weighted by atomic mass is 10.1. The van der Waals surface area contributed by atoms with E-state index >= 15 is 0 Å². The minimum Gasteiger partial charge on any atom is -0.383 e. The average Bonchev–Trinajstić information content (AvgIpc) is 2.15. The van der Waals surface area contributed by atoms with Gasteiger partial charge in [-0.1, -0.05) is 13.3 Å². The van der Waals surface area contributed by atoms with Crippen molar-refractivity contribution < 1.29 is 9.47 Å². The van der Waals surface area contributed by atoms with Crippen LogP contribution in [-0.2, 0) is 9.47 Å². The van der Waals surface area contributed by atoms with Crippen LogP contribution in [0, 0.1) is 0 Å². The highest BCUT2D eigenvalue weighted by Gasteiger charge is 2.10. The van der Waals surface area contributed by atoms with Gasteiger partial charge in [0.2, 0.25) is 0 Å². The fraction of sp³-hybridized carbons (Fsp3) is 1.00. The fourth-order valence-electron chi connectivity index (χ4n) is 1.51. The molecule has 2 unspecified atom stereocenters. The quantitative estimate of drug-likeness (QED) is 0.620. The molecule has 0 aliphatic heterocycles. The normalized spacial score (nSPS) is 15.4. The van der Waals surface area contributed by atoms with Gasteiger partial charge in [-0.2, -0.15) is 0 Å². The molecule has 1 N–H and O–H groups in total. The van der Waals surface area contributed by atoms with Gasteiger partial charge in [0.1, 0.15) is 0 Å². The Hall–Kier alpha value is -0.120. The van der Waals surface area contributed by atoms with Crippen molar-refractivity contribution in [3.05, 3.63) is 0 Å². The Morgan fingerprint density at radius 2 is 1.93 bits per heavy atom. The summed E-state index contributed by atoms with van der Waals surface area (Å²) in [5.41, 5.74) is 0. The van der Waals surface area contributed by atoms with Crippen LogP contribution in [-0.4, -0.2) is 39.0 Å². The number of hydrogen-bond acceptors (Lipinski definition) is 3. The van der Waals surface area contributed by atoms with Crippen molar-refractivity contribution in [3.8, 4) is 0 Å². The first-order valence-electron chi connectivity index (χ1n) is 5.57. The summed E-state index contributed by atoms with van der Waals surface area (Å²) in [7, 11) is 1.75. The molecule has 86 valence electrons. The van der Waals surface area contributed by atoms with Crippen LogP contribution in [0.2, 0.25) is 0 Å². The summed E-state index contributed by atoms with van der Waals surface area (Å²) in [6.07, 6.45) is 2.34. The van der Waals surface area contributed by atoms with Crippen LogP contribution in [0.15, 0.2) is 0 Å². The SMILES string of the molecule is CCCC(COC)NC(C)COCC. The summed E-state index contributed by atoms with van der Waals surface area (Å²) >= 11 is 0. The minimum atomic E-state index is 0.404. The number of ether oxygens (including phenoxy) is 2. The van der Waals surface area contributed by atoms with Crippen molar-refractivity contribution in [3.63, 3.8) is 0 Å². The lowest BCUT2D eigenvalue weighted by Crippen LogP contribution is -2.41. The Morgan fingerprint density at radius 1 is 1.21 bits per heavy atom. The number of rotatable bonds is 9. The maximum absolute atomic E-state index is 5.35. The van der Waals surface area contributed by atoms with E-state index in [0.717, 1.165) is 26.2 Å². The molecular weight excluding hydrogens is 178 g/mol. The summed E-state index contributed by atoms with van der Waals surface area (Å²) in [5.74, 6) is 0. The van der Waals surface area contributed by atoms with Gasteiger partial charge in [-0.05, 0) is 20.3 Å². The van der Waals surface area contributed by atoms with E-state index < -0.39 is 0 Å². The Balaban J connectivity index is 3.64. The number of hydrogen-bond donors (Lipinski definition) is 1. The van der Waals surface area contributed by atoms with E-state index in [0.29, 0.717) is 12.1 Å². The van der Waals surface area contributed by atoms with Crippen molar-refractivity contribution >= 4 is 0 Å². The van der Waals surface area contributed by atoms with Crippen LogP contribution in [0.25, 0.3) is 0 Å². The average molecular weight is 203 g/mol. The maximum atomic E-state index is 5.35. The molecule has 0 aromatic rings. The third-order valence-corrected chi connectivity index (χ3v) is 2.10. The number of nitrogens with one attached hydrogen (secondary N) is 1. The van der Waals surface area contributed by atoms with Gasteiger partial charge < -0.3 is 14.8 Å². The Kier molecular flexibility index (Phi) is 9.35. The molecule has 0 aliphatic rings. The molecule has 0 radical (unpaired) electrons. The molecule has 0 aromatic carbocycles. The first-order chi connectivity index (χ1) is 6.74. The maximum Gasteiger partial charge on any atom is 0.0616 e. The highest BCUT2D eigenvalue weighted by Crippen LogP contribution is 1.99. The van der Waals surface area contributed by atoms with Crippen molar-refractivity contribution in [1.82, 2.24) is 5.32 Å². The van der Waals surface area contributed by atoms with Gasteiger partial charge in [0.15, 0.2) is 0 Å². The van der Waals surface area contributed by atoms with E-state index in [4.69, 9.17) is 9.47 Å².